The molecule has 3 N–H and O–H groups in total. The summed E-state index contributed by atoms with van der Waals surface area (Å²) in [4.78, 5) is 6.29. The van der Waals surface area contributed by atoms with Gasteiger partial charge in [-0.25, -0.2) is 0 Å². The maximum Gasteiger partial charge on any atom is 0.118 e. The number of rotatable bonds is 2. The van der Waals surface area contributed by atoms with Crippen molar-refractivity contribution in [3.63, 3.8) is 0 Å². The molecule has 1 aliphatic heterocycles. The zero-order valence-electron chi connectivity index (χ0n) is 10.4. The summed E-state index contributed by atoms with van der Waals surface area (Å²) in [5.41, 5.74) is 8.26. The van der Waals surface area contributed by atoms with Crippen molar-refractivity contribution in [1.82, 2.24) is 5.32 Å². The SMILES string of the molecule is CN(C)c1ccc(C2N=CNC(N)=C2C#N)cc1. The van der Waals surface area contributed by atoms with Crippen LogP contribution in [0, 0.1) is 11.3 Å². The molecule has 1 atom stereocenters. The second-order valence-corrected chi connectivity index (χ2v) is 4.25. The summed E-state index contributed by atoms with van der Waals surface area (Å²) in [6.45, 7) is 0. The lowest BCUT2D eigenvalue weighted by atomic mass is 9.99. The standard InChI is InChI=1S/C13H15N5/c1-18(2)10-5-3-9(4-6-10)12-11(7-14)13(15)17-8-16-12/h3-6,8,12H,15H2,1-2H3,(H,16,17). The fraction of sp³-hybridized carbons (Fsp3) is 0.231. The average Bonchev–Trinajstić information content (AvgIpc) is 2.38. The van der Waals surface area contributed by atoms with Crippen LogP contribution in [-0.2, 0) is 0 Å². The molecule has 1 heterocycles. The first-order valence-corrected chi connectivity index (χ1v) is 5.58. The van der Waals surface area contributed by atoms with Crippen LogP contribution in [0.25, 0.3) is 0 Å². The largest absolute Gasteiger partial charge is 0.384 e. The van der Waals surface area contributed by atoms with Gasteiger partial charge in [-0.2, -0.15) is 5.26 Å². The van der Waals surface area contributed by atoms with E-state index in [0.29, 0.717) is 11.4 Å². The van der Waals surface area contributed by atoms with Gasteiger partial charge < -0.3 is 16.0 Å². The predicted octanol–water partition coefficient (Wildman–Crippen LogP) is 1.12. The molecule has 1 unspecified atom stereocenters. The van der Waals surface area contributed by atoms with Crippen molar-refractivity contribution in [2.45, 2.75) is 6.04 Å². The summed E-state index contributed by atoms with van der Waals surface area (Å²) in [5.74, 6) is 0.370. The molecular weight excluding hydrogens is 226 g/mol. The van der Waals surface area contributed by atoms with E-state index in [1.165, 1.54) is 6.34 Å². The van der Waals surface area contributed by atoms with Crippen LogP contribution in [-0.4, -0.2) is 20.4 Å². The zero-order valence-corrected chi connectivity index (χ0v) is 10.4. The van der Waals surface area contributed by atoms with Crippen molar-refractivity contribution in [1.29, 1.82) is 5.26 Å². The Balaban J connectivity index is 2.34. The third kappa shape index (κ3) is 2.13. The number of anilines is 1. The summed E-state index contributed by atoms with van der Waals surface area (Å²) in [7, 11) is 3.96. The third-order valence-corrected chi connectivity index (χ3v) is 2.85. The number of nitrogens with two attached hydrogens (primary N) is 1. The molecule has 1 aromatic carbocycles. The molecule has 0 aliphatic carbocycles. The van der Waals surface area contributed by atoms with Gasteiger partial charge in [-0.15, -0.1) is 0 Å². The van der Waals surface area contributed by atoms with Crippen molar-refractivity contribution in [3.05, 3.63) is 41.2 Å². The highest BCUT2D eigenvalue weighted by Crippen LogP contribution is 2.28. The lowest BCUT2D eigenvalue weighted by Crippen LogP contribution is -2.26. The summed E-state index contributed by atoms with van der Waals surface area (Å²) < 4.78 is 0. The van der Waals surface area contributed by atoms with Crippen LogP contribution in [0.5, 0.6) is 0 Å². The van der Waals surface area contributed by atoms with Gasteiger partial charge in [-0.1, -0.05) is 12.1 Å². The average molecular weight is 241 g/mol. The molecule has 5 heteroatoms. The van der Waals surface area contributed by atoms with Crippen LogP contribution in [0.3, 0.4) is 0 Å². The Morgan fingerprint density at radius 3 is 2.56 bits per heavy atom. The number of nitrogens with one attached hydrogen (secondary N) is 1. The van der Waals surface area contributed by atoms with E-state index >= 15 is 0 Å². The van der Waals surface area contributed by atoms with Crippen LogP contribution in [0.15, 0.2) is 40.7 Å². The fourth-order valence-corrected chi connectivity index (χ4v) is 1.81. The minimum absolute atomic E-state index is 0.313. The van der Waals surface area contributed by atoms with Gasteiger partial charge in [0.15, 0.2) is 0 Å². The maximum absolute atomic E-state index is 9.13. The predicted molar refractivity (Wildman–Crippen MR) is 72.0 cm³/mol. The summed E-state index contributed by atoms with van der Waals surface area (Å²) >= 11 is 0. The van der Waals surface area contributed by atoms with Gasteiger partial charge in [0.05, 0.1) is 11.9 Å². The minimum Gasteiger partial charge on any atom is -0.384 e. The van der Waals surface area contributed by atoms with Crippen molar-refractivity contribution < 1.29 is 0 Å². The van der Waals surface area contributed by atoms with Crippen molar-refractivity contribution in [2.75, 3.05) is 19.0 Å². The van der Waals surface area contributed by atoms with Crippen LogP contribution in [0.2, 0.25) is 0 Å². The van der Waals surface area contributed by atoms with Crippen molar-refractivity contribution >= 4 is 12.0 Å². The monoisotopic (exact) mass is 241 g/mol. The van der Waals surface area contributed by atoms with Crippen molar-refractivity contribution in [3.8, 4) is 6.07 Å². The Hall–Kier alpha value is -2.48. The lowest BCUT2D eigenvalue weighted by molar-refractivity contribution is 0.813. The molecular formula is C13H15N5. The topological polar surface area (TPSA) is 77.4 Å². The number of hydrogen-bond donors (Lipinski definition) is 2. The van der Waals surface area contributed by atoms with E-state index < -0.39 is 0 Å². The quantitative estimate of drug-likeness (QED) is 0.813. The molecule has 0 aromatic heterocycles. The summed E-state index contributed by atoms with van der Waals surface area (Å²) in [6.07, 6.45) is 1.53. The minimum atomic E-state index is -0.313. The molecule has 1 aromatic rings. The Labute approximate surface area is 106 Å². The molecule has 2 rings (SSSR count). The number of nitriles is 1. The Morgan fingerprint density at radius 1 is 1.33 bits per heavy atom. The highest BCUT2D eigenvalue weighted by Gasteiger charge is 2.21. The second-order valence-electron chi connectivity index (χ2n) is 4.25. The van der Waals surface area contributed by atoms with Gasteiger partial charge in [-0.05, 0) is 17.7 Å². The normalized spacial score (nSPS) is 18.2. The molecule has 18 heavy (non-hydrogen) atoms. The zero-order chi connectivity index (χ0) is 13.1. The molecule has 5 nitrogen and oxygen atoms in total. The smallest absolute Gasteiger partial charge is 0.118 e. The lowest BCUT2D eigenvalue weighted by Gasteiger charge is -2.19. The number of benzene rings is 1. The van der Waals surface area contributed by atoms with Gasteiger partial charge >= 0.3 is 0 Å². The third-order valence-electron chi connectivity index (χ3n) is 2.85. The van der Waals surface area contributed by atoms with Crippen LogP contribution >= 0.6 is 0 Å². The highest BCUT2D eigenvalue weighted by molar-refractivity contribution is 5.63. The van der Waals surface area contributed by atoms with Gasteiger partial charge in [0, 0.05) is 19.8 Å². The first-order chi connectivity index (χ1) is 8.63. The Kier molecular flexibility index (Phi) is 3.20. The van der Waals surface area contributed by atoms with E-state index in [-0.39, 0.29) is 6.04 Å². The molecule has 92 valence electrons. The molecule has 0 saturated heterocycles. The van der Waals surface area contributed by atoms with E-state index in [4.69, 9.17) is 11.0 Å². The van der Waals surface area contributed by atoms with E-state index in [9.17, 15) is 0 Å². The van der Waals surface area contributed by atoms with Crippen LogP contribution in [0.4, 0.5) is 5.69 Å². The Bertz CT molecular complexity index is 533. The first kappa shape index (κ1) is 12.0. The molecule has 0 bridgehead atoms. The molecule has 1 aliphatic rings. The molecule has 0 fully saturated rings. The molecule has 0 radical (unpaired) electrons. The van der Waals surface area contributed by atoms with Crippen LogP contribution in [0.1, 0.15) is 11.6 Å². The van der Waals surface area contributed by atoms with E-state index in [2.05, 4.69) is 16.4 Å². The van der Waals surface area contributed by atoms with E-state index in [0.717, 1.165) is 11.3 Å². The number of nitrogens with zero attached hydrogens (tertiary/aromatic N) is 3. The Morgan fingerprint density at radius 2 is 2.00 bits per heavy atom. The molecule has 0 saturated carbocycles. The van der Waals surface area contributed by atoms with Crippen molar-refractivity contribution in [2.24, 2.45) is 10.7 Å². The van der Waals surface area contributed by atoms with Gasteiger partial charge in [0.2, 0.25) is 0 Å². The first-order valence-electron chi connectivity index (χ1n) is 5.58. The van der Waals surface area contributed by atoms with E-state index in [1.807, 2.05) is 43.3 Å². The maximum atomic E-state index is 9.13. The second kappa shape index (κ2) is 4.80. The molecule has 0 amide bonds. The number of aliphatic imine (C=N–C) groups is 1. The van der Waals surface area contributed by atoms with Gasteiger partial charge in [0.25, 0.3) is 0 Å². The van der Waals surface area contributed by atoms with Crippen LogP contribution < -0.4 is 16.0 Å². The van der Waals surface area contributed by atoms with Gasteiger partial charge in [-0.3, -0.25) is 4.99 Å². The van der Waals surface area contributed by atoms with Gasteiger partial charge in [0.1, 0.15) is 17.9 Å². The number of hydrogen-bond acceptors (Lipinski definition) is 5. The summed E-state index contributed by atoms with van der Waals surface area (Å²) in [5, 5.41) is 11.9. The molecule has 0 spiro atoms. The fourth-order valence-electron chi connectivity index (χ4n) is 1.81. The summed E-state index contributed by atoms with van der Waals surface area (Å²) in [6, 6.07) is 9.72. The highest BCUT2D eigenvalue weighted by atomic mass is 15.1. The van der Waals surface area contributed by atoms with E-state index in [1.54, 1.807) is 0 Å².